The van der Waals surface area contributed by atoms with Crippen molar-refractivity contribution in [2.75, 3.05) is 14.6 Å². The van der Waals surface area contributed by atoms with Crippen molar-refractivity contribution in [3.63, 3.8) is 0 Å². The van der Waals surface area contributed by atoms with Gasteiger partial charge in [0.1, 0.15) is 0 Å². The van der Waals surface area contributed by atoms with Crippen molar-refractivity contribution in [1.29, 1.82) is 0 Å². The number of ether oxygens (including phenoxy) is 2. The minimum absolute atomic E-state index is 0.0819. The molecule has 0 saturated carbocycles. The van der Waals surface area contributed by atoms with Gasteiger partial charge in [-0.25, -0.2) is 0 Å². The lowest BCUT2D eigenvalue weighted by atomic mass is 9.43. The summed E-state index contributed by atoms with van der Waals surface area (Å²) < 4.78 is 13.7. The fourth-order valence-electron chi connectivity index (χ4n) is 11.5. The second-order valence-electron chi connectivity index (χ2n) is 22.3. The van der Waals surface area contributed by atoms with Gasteiger partial charge in [-0.2, -0.15) is 0 Å². The zero-order valence-electron chi connectivity index (χ0n) is 43.6. The van der Waals surface area contributed by atoms with Crippen molar-refractivity contribution in [3.8, 4) is 56.4 Å². The Labute approximate surface area is 442 Å². The van der Waals surface area contributed by atoms with Crippen molar-refractivity contribution in [2.45, 2.75) is 59.3 Å². The van der Waals surface area contributed by atoms with E-state index >= 15 is 0 Å². The predicted molar refractivity (Wildman–Crippen MR) is 314 cm³/mol. The van der Waals surface area contributed by atoms with Gasteiger partial charge in [-0.05, 0) is 153 Å². The Hall–Kier alpha value is -8.74. The minimum Gasteiger partial charge on any atom is -0.450 e. The summed E-state index contributed by atoms with van der Waals surface area (Å²) in [5.74, 6) is 2.75. The molecule has 0 atom stereocenters. The Bertz CT molecular complexity index is 3790. The van der Waals surface area contributed by atoms with E-state index in [0.29, 0.717) is 23.0 Å². The molecule has 0 aromatic heterocycles. The fraction of sp³-hybridized carbons (Fsp3) is 0.130. The van der Waals surface area contributed by atoms with E-state index in [-0.39, 0.29) is 17.7 Å². The number of hydrogen-bond acceptors (Lipinski definition) is 5. The average molecular weight is 972 g/mol. The predicted octanol–water partition coefficient (Wildman–Crippen LogP) is 18.0. The van der Waals surface area contributed by atoms with Crippen LogP contribution in [0.15, 0.2) is 224 Å². The quantitative estimate of drug-likeness (QED) is 0.148. The molecule has 0 radical (unpaired) electrons. The van der Waals surface area contributed by atoms with E-state index in [1.807, 2.05) is 24.3 Å². The fourth-order valence-corrected chi connectivity index (χ4v) is 11.5. The largest absolute Gasteiger partial charge is 0.450 e. The number of anilines is 8. The van der Waals surface area contributed by atoms with Gasteiger partial charge in [-0.3, -0.25) is 0 Å². The van der Waals surface area contributed by atoms with Gasteiger partial charge in [0.2, 0.25) is 0 Å². The molecule has 0 N–H and O–H groups in total. The first-order valence-corrected chi connectivity index (χ1v) is 26.2. The molecule has 0 aliphatic carbocycles. The molecule has 10 aromatic rings. The van der Waals surface area contributed by atoms with Gasteiger partial charge in [0.25, 0.3) is 0 Å². The Balaban J connectivity index is 1.15. The summed E-state index contributed by atoms with van der Waals surface area (Å²) in [6.45, 7) is 15.7. The summed E-state index contributed by atoms with van der Waals surface area (Å²) in [5, 5.41) is 0. The van der Waals surface area contributed by atoms with Gasteiger partial charge >= 0.3 is 6.85 Å². The topological polar surface area (TPSA) is 28.2 Å². The number of fused-ring (bicyclic) bond motifs is 6. The third-order valence-electron chi connectivity index (χ3n) is 15.2. The monoisotopic (exact) mass is 971 g/mol. The van der Waals surface area contributed by atoms with Gasteiger partial charge in [-0.1, -0.05) is 169 Å². The van der Waals surface area contributed by atoms with Crippen LogP contribution < -0.4 is 35.0 Å². The molecule has 0 spiro atoms. The molecule has 3 heterocycles. The normalized spacial score (nSPS) is 13.1. The zero-order valence-corrected chi connectivity index (χ0v) is 43.6. The van der Waals surface area contributed by atoms with Crippen molar-refractivity contribution in [3.05, 3.63) is 241 Å². The van der Waals surface area contributed by atoms with Gasteiger partial charge in [0.15, 0.2) is 23.0 Å². The molecule has 6 heteroatoms. The number of hydrogen-bond donors (Lipinski definition) is 0. The average Bonchev–Trinajstić information content (AvgIpc) is 3.56. The number of aryl methyl sites for hydroxylation is 1. The van der Waals surface area contributed by atoms with E-state index in [9.17, 15) is 0 Å². The highest BCUT2D eigenvalue weighted by Crippen LogP contribution is 2.55. The van der Waals surface area contributed by atoms with Crippen LogP contribution in [0.25, 0.3) is 33.4 Å². The molecule has 5 nitrogen and oxygen atoms in total. The maximum Gasteiger partial charge on any atom is 0.333 e. The smallest absolute Gasteiger partial charge is 0.333 e. The van der Waals surface area contributed by atoms with Gasteiger partial charge in [0.05, 0.1) is 5.69 Å². The summed E-state index contributed by atoms with van der Waals surface area (Å²) in [5.41, 5.74) is 21.6. The van der Waals surface area contributed by atoms with Gasteiger partial charge in [-0.15, -0.1) is 0 Å². The molecular formula is C69H58BN3O2. The summed E-state index contributed by atoms with van der Waals surface area (Å²) in [6, 6.07) is 81.8. The van der Waals surface area contributed by atoms with Gasteiger partial charge < -0.3 is 24.1 Å². The third-order valence-corrected chi connectivity index (χ3v) is 15.2. The van der Waals surface area contributed by atoms with Crippen molar-refractivity contribution in [1.82, 2.24) is 0 Å². The van der Waals surface area contributed by atoms with Crippen molar-refractivity contribution < 1.29 is 9.47 Å². The van der Waals surface area contributed by atoms with E-state index in [0.717, 1.165) is 73.2 Å². The Kier molecular flexibility index (Phi) is 10.9. The lowest BCUT2D eigenvalue weighted by molar-refractivity contribution is 0.360. The van der Waals surface area contributed by atoms with Crippen LogP contribution in [0, 0.1) is 6.92 Å². The van der Waals surface area contributed by atoms with E-state index in [4.69, 9.17) is 9.47 Å². The van der Waals surface area contributed by atoms with E-state index < -0.39 is 0 Å². The second kappa shape index (κ2) is 17.7. The molecule has 3 aliphatic heterocycles. The highest BCUT2D eigenvalue weighted by molar-refractivity contribution is 6.93. The number of rotatable bonds is 7. The first-order valence-electron chi connectivity index (χ1n) is 26.2. The van der Waals surface area contributed by atoms with Crippen LogP contribution in [0.5, 0.6) is 23.0 Å². The number of para-hydroxylation sites is 4. The van der Waals surface area contributed by atoms with E-state index in [2.05, 4.69) is 263 Å². The maximum atomic E-state index is 6.89. The first kappa shape index (κ1) is 46.1. The molecule has 0 bridgehead atoms. The molecular weight excluding hydrogens is 914 g/mol. The first-order chi connectivity index (χ1) is 36.4. The van der Waals surface area contributed by atoms with Crippen LogP contribution in [-0.2, 0) is 10.8 Å². The van der Waals surface area contributed by atoms with Gasteiger partial charge in [0, 0.05) is 62.6 Å². The van der Waals surface area contributed by atoms with Crippen LogP contribution in [0.2, 0.25) is 0 Å². The Morgan fingerprint density at radius 1 is 0.373 bits per heavy atom. The van der Waals surface area contributed by atoms with Crippen LogP contribution in [0.1, 0.15) is 58.2 Å². The molecule has 10 aromatic carbocycles. The number of nitrogens with zero attached hydrogens (tertiary/aromatic N) is 3. The molecule has 0 fully saturated rings. The summed E-state index contributed by atoms with van der Waals surface area (Å²) in [6.07, 6.45) is 0. The van der Waals surface area contributed by atoms with Crippen molar-refractivity contribution >= 4 is 63.3 Å². The highest BCUT2D eigenvalue weighted by Gasteiger charge is 2.47. The Morgan fingerprint density at radius 3 is 1.41 bits per heavy atom. The minimum atomic E-state index is -0.303. The molecule has 0 saturated heterocycles. The third kappa shape index (κ3) is 7.95. The van der Waals surface area contributed by atoms with Crippen LogP contribution in [0.4, 0.5) is 45.5 Å². The molecule has 13 rings (SSSR count). The van der Waals surface area contributed by atoms with Crippen molar-refractivity contribution in [2.24, 2.45) is 0 Å². The van der Waals surface area contributed by atoms with Crippen LogP contribution in [-0.4, -0.2) is 6.85 Å². The van der Waals surface area contributed by atoms with E-state index in [1.54, 1.807) is 0 Å². The highest BCUT2D eigenvalue weighted by atomic mass is 16.6. The molecule has 3 aliphatic rings. The second-order valence-corrected chi connectivity index (χ2v) is 22.3. The summed E-state index contributed by atoms with van der Waals surface area (Å²) in [4.78, 5) is 7.52. The van der Waals surface area contributed by atoms with Crippen LogP contribution >= 0.6 is 0 Å². The van der Waals surface area contributed by atoms with E-state index in [1.165, 1.54) is 33.3 Å². The molecule has 364 valence electrons. The lowest BCUT2D eigenvalue weighted by Gasteiger charge is -2.47. The zero-order chi connectivity index (χ0) is 51.2. The SMILES string of the molecule is Cc1cc2c3c(c1)N(c1ccc(C(C)(C)C)cc1-c1ccccc1)c1cc4c(cc1B3N(c1ccc(C(C)(C)C)cc1-c1ccccc1)c1ccc(N(c3ccccc3)c3ccccc3)cc1-2)Oc1ccccc1O4. The standard InChI is InChI=1S/C69H58BN3O2/c1-45-38-56-55-42-52(71(50-26-16-10-17-27-50)51-28-18-11-19-29-51)34-37-60(55)73(59-36-33-49(69(5,6)7)41-54(59)47-24-14-9-15-25-47)70-57-43-65-66(75-64-31-21-20-30-63(64)74-65)44-61(57)72(62(39-45)67(56)70)58-35-32-48(68(2,3)4)40-53(58)46-22-12-8-13-23-46/h8-44H,1-7H3. The summed E-state index contributed by atoms with van der Waals surface area (Å²) >= 11 is 0. The van der Waals surface area contributed by atoms with Crippen LogP contribution in [0.3, 0.4) is 0 Å². The molecule has 0 amide bonds. The number of benzene rings is 10. The maximum absolute atomic E-state index is 6.89. The Morgan fingerprint density at radius 2 is 0.853 bits per heavy atom. The molecule has 75 heavy (non-hydrogen) atoms. The molecule has 0 unspecified atom stereocenters. The summed E-state index contributed by atoms with van der Waals surface area (Å²) in [7, 11) is 0. The lowest BCUT2D eigenvalue weighted by Crippen LogP contribution is -2.61.